The van der Waals surface area contributed by atoms with E-state index in [0.29, 0.717) is 17.5 Å². The first-order chi connectivity index (χ1) is 9.78. The molecule has 2 aromatic carbocycles. The van der Waals surface area contributed by atoms with Gasteiger partial charge < -0.3 is 0 Å². The first-order valence-electron chi connectivity index (χ1n) is 6.22. The molecule has 3 aromatic rings. The third kappa shape index (κ3) is 2.17. The molecule has 0 aliphatic carbocycles. The van der Waals surface area contributed by atoms with Crippen LogP contribution in [0.2, 0.25) is 0 Å². The molecule has 1 heterocycles. The van der Waals surface area contributed by atoms with Gasteiger partial charge in [-0.25, -0.2) is 4.68 Å². The molecule has 20 heavy (non-hydrogen) atoms. The van der Waals surface area contributed by atoms with Gasteiger partial charge in [0.05, 0.1) is 29.8 Å². The van der Waals surface area contributed by atoms with Gasteiger partial charge in [-0.1, -0.05) is 30.3 Å². The predicted molar refractivity (Wildman–Crippen MR) is 76.3 cm³/mol. The van der Waals surface area contributed by atoms with E-state index >= 15 is 0 Å². The van der Waals surface area contributed by atoms with Crippen molar-refractivity contribution in [3.8, 4) is 6.07 Å². The molecule has 0 radical (unpaired) electrons. The SMILES string of the molecule is N#Cc1ccc(Cn2ncc3ccccc3c2=O)cc1. The van der Waals surface area contributed by atoms with Gasteiger partial charge in [0.15, 0.2) is 0 Å². The Labute approximate surface area is 115 Å². The van der Waals surface area contributed by atoms with Crippen molar-refractivity contribution in [1.82, 2.24) is 9.78 Å². The summed E-state index contributed by atoms with van der Waals surface area (Å²) >= 11 is 0. The van der Waals surface area contributed by atoms with Crippen molar-refractivity contribution in [2.45, 2.75) is 6.54 Å². The fraction of sp³-hybridized carbons (Fsp3) is 0.0625. The Kier molecular flexibility index (Phi) is 3.02. The maximum Gasteiger partial charge on any atom is 0.274 e. The number of nitriles is 1. The normalized spacial score (nSPS) is 10.3. The van der Waals surface area contributed by atoms with E-state index in [9.17, 15) is 4.79 Å². The summed E-state index contributed by atoms with van der Waals surface area (Å²) in [5.74, 6) is 0. The highest BCUT2D eigenvalue weighted by molar-refractivity contribution is 5.80. The quantitative estimate of drug-likeness (QED) is 0.711. The van der Waals surface area contributed by atoms with Crippen molar-refractivity contribution in [1.29, 1.82) is 5.26 Å². The molecule has 0 spiro atoms. The Hall–Kier alpha value is -2.93. The lowest BCUT2D eigenvalue weighted by Crippen LogP contribution is -2.23. The molecule has 0 atom stereocenters. The predicted octanol–water partition coefficient (Wildman–Crippen LogP) is 2.32. The number of hydrogen-bond donors (Lipinski definition) is 0. The zero-order valence-corrected chi connectivity index (χ0v) is 10.7. The summed E-state index contributed by atoms with van der Waals surface area (Å²) in [4.78, 5) is 12.3. The Balaban J connectivity index is 2.00. The third-order valence-corrected chi connectivity index (χ3v) is 3.18. The largest absolute Gasteiger partial charge is 0.274 e. The molecule has 3 rings (SSSR count). The second kappa shape index (κ2) is 4.98. The summed E-state index contributed by atoms with van der Waals surface area (Å²) in [6, 6.07) is 16.6. The van der Waals surface area contributed by atoms with Crippen LogP contribution in [0, 0.1) is 11.3 Å². The summed E-state index contributed by atoms with van der Waals surface area (Å²) in [5.41, 5.74) is 1.44. The molecule has 0 saturated carbocycles. The summed E-state index contributed by atoms with van der Waals surface area (Å²) in [6.07, 6.45) is 1.69. The standard InChI is InChI=1S/C16H11N3O/c17-9-12-5-7-13(8-6-12)11-19-16(20)15-4-2-1-3-14(15)10-18-19/h1-8,10H,11H2. The summed E-state index contributed by atoms with van der Waals surface area (Å²) in [7, 11) is 0. The van der Waals surface area contributed by atoms with Gasteiger partial charge in [0.1, 0.15) is 0 Å². The van der Waals surface area contributed by atoms with Crippen molar-refractivity contribution >= 4 is 10.8 Å². The van der Waals surface area contributed by atoms with Gasteiger partial charge in [0, 0.05) is 5.39 Å². The second-order valence-electron chi connectivity index (χ2n) is 4.50. The number of nitrogens with zero attached hydrogens (tertiary/aromatic N) is 3. The topological polar surface area (TPSA) is 58.7 Å². The molecule has 0 unspecified atom stereocenters. The van der Waals surface area contributed by atoms with Crippen LogP contribution in [0.1, 0.15) is 11.1 Å². The lowest BCUT2D eigenvalue weighted by Gasteiger charge is -2.06. The van der Waals surface area contributed by atoms with Crippen LogP contribution in [0.5, 0.6) is 0 Å². The zero-order valence-electron chi connectivity index (χ0n) is 10.7. The van der Waals surface area contributed by atoms with Gasteiger partial charge in [-0.3, -0.25) is 4.79 Å². The lowest BCUT2D eigenvalue weighted by molar-refractivity contribution is 0.647. The van der Waals surface area contributed by atoms with Gasteiger partial charge in [0.25, 0.3) is 5.56 Å². The fourth-order valence-electron chi connectivity index (χ4n) is 2.10. The average Bonchev–Trinajstić information content (AvgIpc) is 2.51. The number of benzene rings is 2. The van der Waals surface area contributed by atoms with E-state index in [1.165, 1.54) is 4.68 Å². The van der Waals surface area contributed by atoms with E-state index in [1.54, 1.807) is 24.4 Å². The maximum absolute atomic E-state index is 12.3. The summed E-state index contributed by atoms with van der Waals surface area (Å²) in [5, 5.41) is 14.5. The smallest absolute Gasteiger partial charge is 0.267 e. The number of hydrogen-bond acceptors (Lipinski definition) is 3. The second-order valence-corrected chi connectivity index (χ2v) is 4.50. The molecule has 1 aromatic heterocycles. The van der Waals surface area contributed by atoms with E-state index in [1.807, 2.05) is 30.3 Å². The van der Waals surface area contributed by atoms with Crippen molar-refractivity contribution in [3.05, 3.63) is 76.2 Å². The van der Waals surface area contributed by atoms with Gasteiger partial charge >= 0.3 is 0 Å². The number of aromatic nitrogens is 2. The minimum Gasteiger partial charge on any atom is -0.267 e. The number of rotatable bonds is 2. The van der Waals surface area contributed by atoms with Crippen LogP contribution >= 0.6 is 0 Å². The highest BCUT2D eigenvalue weighted by Gasteiger charge is 2.04. The minimum absolute atomic E-state index is 0.104. The highest BCUT2D eigenvalue weighted by atomic mass is 16.1. The zero-order chi connectivity index (χ0) is 13.9. The molecule has 96 valence electrons. The Morgan fingerprint density at radius 1 is 1.10 bits per heavy atom. The first kappa shape index (κ1) is 12.1. The van der Waals surface area contributed by atoms with Crippen LogP contribution in [-0.2, 0) is 6.54 Å². The van der Waals surface area contributed by atoms with Crippen molar-refractivity contribution in [3.63, 3.8) is 0 Å². The molecule has 0 aliphatic heterocycles. The Morgan fingerprint density at radius 3 is 2.60 bits per heavy atom. The molecule has 4 nitrogen and oxygen atoms in total. The molecule has 0 N–H and O–H groups in total. The molecule has 0 bridgehead atoms. The van der Waals surface area contributed by atoms with Gasteiger partial charge in [-0.15, -0.1) is 0 Å². The molecule has 0 saturated heterocycles. The minimum atomic E-state index is -0.104. The van der Waals surface area contributed by atoms with Gasteiger partial charge in [0.2, 0.25) is 0 Å². The van der Waals surface area contributed by atoms with Crippen LogP contribution in [0.25, 0.3) is 10.8 Å². The van der Waals surface area contributed by atoms with E-state index in [0.717, 1.165) is 10.9 Å². The highest BCUT2D eigenvalue weighted by Crippen LogP contribution is 2.08. The lowest BCUT2D eigenvalue weighted by atomic mass is 10.1. The van der Waals surface area contributed by atoms with E-state index in [4.69, 9.17) is 5.26 Å². The summed E-state index contributed by atoms with van der Waals surface area (Å²) in [6.45, 7) is 0.398. The fourth-order valence-corrected chi connectivity index (χ4v) is 2.10. The summed E-state index contributed by atoms with van der Waals surface area (Å²) < 4.78 is 1.43. The van der Waals surface area contributed by atoms with E-state index < -0.39 is 0 Å². The van der Waals surface area contributed by atoms with Crippen LogP contribution < -0.4 is 5.56 Å². The average molecular weight is 261 g/mol. The van der Waals surface area contributed by atoms with Gasteiger partial charge in [-0.05, 0) is 23.8 Å². The first-order valence-corrected chi connectivity index (χ1v) is 6.22. The number of fused-ring (bicyclic) bond motifs is 1. The van der Waals surface area contributed by atoms with E-state index in [2.05, 4.69) is 11.2 Å². The molecule has 0 fully saturated rings. The van der Waals surface area contributed by atoms with E-state index in [-0.39, 0.29) is 5.56 Å². The van der Waals surface area contributed by atoms with Crippen LogP contribution in [0.4, 0.5) is 0 Å². The van der Waals surface area contributed by atoms with Crippen LogP contribution in [-0.4, -0.2) is 9.78 Å². The Bertz CT molecular complexity index is 857. The molecular weight excluding hydrogens is 250 g/mol. The molecule has 0 amide bonds. The monoisotopic (exact) mass is 261 g/mol. The van der Waals surface area contributed by atoms with Crippen molar-refractivity contribution < 1.29 is 0 Å². The van der Waals surface area contributed by atoms with Gasteiger partial charge in [-0.2, -0.15) is 10.4 Å². The molecule has 4 heteroatoms. The van der Waals surface area contributed by atoms with Crippen molar-refractivity contribution in [2.24, 2.45) is 0 Å². The third-order valence-electron chi connectivity index (χ3n) is 3.18. The van der Waals surface area contributed by atoms with Crippen LogP contribution in [0.3, 0.4) is 0 Å². The van der Waals surface area contributed by atoms with Crippen LogP contribution in [0.15, 0.2) is 59.5 Å². The molecular formula is C16H11N3O. The Morgan fingerprint density at radius 2 is 1.85 bits per heavy atom. The molecule has 0 aliphatic rings. The maximum atomic E-state index is 12.3. The van der Waals surface area contributed by atoms with Crippen molar-refractivity contribution in [2.75, 3.05) is 0 Å².